The predicted octanol–water partition coefficient (Wildman–Crippen LogP) is 1.68. The summed E-state index contributed by atoms with van der Waals surface area (Å²) in [6.45, 7) is 2.17. The number of hydrogen-bond donors (Lipinski definition) is 2. The first-order valence-corrected chi connectivity index (χ1v) is 8.64. The van der Waals surface area contributed by atoms with Gasteiger partial charge in [-0.25, -0.2) is 22.9 Å². The highest BCUT2D eigenvalue weighted by Gasteiger charge is 2.16. The molecule has 2 rings (SSSR count). The maximum Gasteiger partial charge on any atom is 0.328 e. The summed E-state index contributed by atoms with van der Waals surface area (Å²) >= 11 is 1.47. The smallest absolute Gasteiger partial charge is 0.328 e. The highest BCUT2D eigenvalue weighted by Crippen LogP contribution is 2.09. The van der Waals surface area contributed by atoms with Gasteiger partial charge in [-0.3, -0.25) is 0 Å². The Hall–Kier alpha value is -1.93. The highest BCUT2D eigenvalue weighted by atomic mass is 32.2. The summed E-state index contributed by atoms with van der Waals surface area (Å²) in [7, 11) is -3.84. The van der Waals surface area contributed by atoms with Crippen molar-refractivity contribution in [2.45, 2.75) is 18.2 Å². The van der Waals surface area contributed by atoms with Crippen molar-refractivity contribution in [3.8, 4) is 0 Å². The van der Waals surface area contributed by atoms with E-state index in [1.165, 1.54) is 23.5 Å². The van der Waals surface area contributed by atoms with Crippen LogP contribution in [-0.2, 0) is 16.4 Å². The van der Waals surface area contributed by atoms with E-state index in [1.54, 1.807) is 17.6 Å². The Kier molecular flexibility index (Phi) is 4.92. The van der Waals surface area contributed by atoms with E-state index in [-0.39, 0.29) is 4.90 Å². The fourth-order valence-electron chi connectivity index (χ4n) is 1.60. The molecule has 0 aliphatic rings. The standard InChI is InChI=1S/C13H15N3O3S2/c1-10-2-4-12(5-3-10)21(18,19)16-13(17)14-7-6-11-8-20-9-15-11/h2-5,8-9H,6-7H2,1H3,(H2,14,16,17). The summed E-state index contributed by atoms with van der Waals surface area (Å²) in [5.41, 5.74) is 3.51. The van der Waals surface area contributed by atoms with Gasteiger partial charge in [0.2, 0.25) is 0 Å². The van der Waals surface area contributed by atoms with Gasteiger partial charge in [-0.1, -0.05) is 17.7 Å². The van der Waals surface area contributed by atoms with Gasteiger partial charge in [0.15, 0.2) is 0 Å². The van der Waals surface area contributed by atoms with E-state index < -0.39 is 16.1 Å². The Labute approximate surface area is 127 Å². The zero-order chi connectivity index (χ0) is 15.3. The first-order valence-electron chi connectivity index (χ1n) is 6.22. The van der Waals surface area contributed by atoms with E-state index in [9.17, 15) is 13.2 Å². The van der Waals surface area contributed by atoms with Gasteiger partial charge in [0, 0.05) is 18.3 Å². The number of carbonyl (C=O) groups is 1. The van der Waals surface area contributed by atoms with Crippen molar-refractivity contribution in [2.75, 3.05) is 6.54 Å². The molecule has 0 radical (unpaired) electrons. The average Bonchev–Trinajstić information content (AvgIpc) is 2.92. The number of benzene rings is 1. The van der Waals surface area contributed by atoms with Crippen molar-refractivity contribution in [3.63, 3.8) is 0 Å². The fraction of sp³-hybridized carbons (Fsp3) is 0.231. The van der Waals surface area contributed by atoms with Gasteiger partial charge in [0.1, 0.15) is 0 Å². The van der Waals surface area contributed by atoms with Crippen LogP contribution in [0.25, 0.3) is 0 Å². The van der Waals surface area contributed by atoms with Crippen LogP contribution in [0.15, 0.2) is 40.1 Å². The van der Waals surface area contributed by atoms with Crippen LogP contribution in [0.1, 0.15) is 11.3 Å². The summed E-state index contributed by atoms with van der Waals surface area (Å²) in [5.74, 6) is 0. The van der Waals surface area contributed by atoms with E-state index in [2.05, 4.69) is 10.3 Å². The topological polar surface area (TPSA) is 88.2 Å². The Morgan fingerprint density at radius 2 is 2.00 bits per heavy atom. The molecule has 112 valence electrons. The lowest BCUT2D eigenvalue weighted by atomic mass is 10.2. The Morgan fingerprint density at radius 1 is 1.29 bits per heavy atom. The molecule has 2 amide bonds. The van der Waals surface area contributed by atoms with Crippen molar-refractivity contribution in [3.05, 3.63) is 46.4 Å². The molecular weight excluding hydrogens is 310 g/mol. The van der Waals surface area contributed by atoms with Gasteiger partial charge in [-0.05, 0) is 19.1 Å². The third-order valence-corrected chi connectivity index (χ3v) is 4.69. The molecule has 0 fully saturated rings. The molecule has 2 aromatic rings. The normalized spacial score (nSPS) is 11.1. The van der Waals surface area contributed by atoms with E-state index in [4.69, 9.17) is 0 Å². The summed E-state index contributed by atoms with van der Waals surface area (Å²) in [4.78, 5) is 15.7. The second kappa shape index (κ2) is 6.68. The van der Waals surface area contributed by atoms with Gasteiger partial charge >= 0.3 is 6.03 Å². The molecule has 0 spiro atoms. The number of rotatable bonds is 5. The second-order valence-corrected chi connectivity index (χ2v) is 6.81. The molecular formula is C13H15N3O3S2. The van der Waals surface area contributed by atoms with Crippen molar-refractivity contribution in [1.82, 2.24) is 15.0 Å². The highest BCUT2D eigenvalue weighted by molar-refractivity contribution is 7.90. The number of nitrogens with one attached hydrogen (secondary N) is 2. The lowest BCUT2D eigenvalue weighted by Crippen LogP contribution is -2.40. The van der Waals surface area contributed by atoms with Crippen molar-refractivity contribution >= 4 is 27.4 Å². The Morgan fingerprint density at radius 3 is 2.62 bits per heavy atom. The minimum Gasteiger partial charge on any atom is -0.337 e. The van der Waals surface area contributed by atoms with E-state index in [1.807, 2.05) is 17.0 Å². The summed E-state index contributed by atoms with van der Waals surface area (Å²) < 4.78 is 25.9. The van der Waals surface area contributed by atoms with Crippen LogP contribution >= 0.6 is 11.3 Å². The molecule has 1 aromatic heterocycles. The van der Waals surface area contributed by atoms with E-state index >= 15 is 0 Å². The molecule has 0 aliphatic heterocycles. The molecule has 1 heterocycles. The summed E-state index contributed by atoms with van der Waals surface area (Å²) in [5, 5.41) is 4.37. The van der Waals surface area contributed by atoms with Crippen LogP contribution < -0.4 is 10.0 Å². The largest absolute Gasteiger partial charge is 0.337 e. The molecule has 2 N–H and O–H groups in total. The Bertz CT molecular complexity index is 695. The minimum atomic E-state index is -3.84. The average molecular weight is 325 g/mol. The maximum atomic E-state index is 12.0. The predicted molar refractivity (Wildman–Crippen MR) is 80.7 cm³/mol. The van der Waals surface area contributed by atoms with E-state index in [0.717, 1.165) is 11.3 Å². The monoisotopic (exact) mass is 325 g/mol. The SMILES string of the molecule is Cc1ccc(S(=O)(=O)NC(=O)NCCc2cscn2)cc1. The number of aromatic nitrogens is 1. The molecule has 0 saturated carbocycles. The van der Waals surface area contributed by atoms with Gasteiger partial charge in [0.25, 0.3) is 10.0 Å². The number of urea groups is 1. The number of thiazole rings is 1. The number of hydrogen-bond acceptors (Lipinski definition) is 5. The van der Waals surface area contributed by atoms with Crippen molar-refractivity contribution < 1.29 is 13.2 Å². The zero-order valence-corrected chi connectivity index (χ0v) is 13.0. The molecule has 1 aromatic carbocycles. The third kappa shape index (κ3) is 4.54. The van der Waals surface area contributed by atoms with Gasteiger partial charge in [-0.2, -0.15) is 0 Å². The number of amides is 2. The molecule has 6 nitrogen and oxygen atoms in total. The van der Waals surface area contributed by atoms with Crippen molar-refractivity contribution in [1.29, 1.82) is 0 Å². The lowest BCUT2D eigenvalue weighted by Gasteiger charge is -2.08. The molecule has 0 saturated heterocycles. The van der Waals surface area contributed by atoms with Gasteiger partial charge in [-0.15, -0.1) is 11.3 Å². The third-order valence-electron chi connectivity index (χ3n) is 2.71. The summed E-state index contributed by atoms with van der Waals surface area (Å²) in [6.07, 6.45) is 0.557. The fourth-order valence-corrected chi connectivity index (χ4v) is 3.12. The van der Waals surface area contributed by atoms with Crippen LogP contribution in [0.4, 0.5) is 4.79 Å². The first-order chi connectivity index (χ1) is 9.97. The van der Waals surface area contributed by atoms with E-state index in [0.29, 0.717) is 13.0 Å². The molecule has 0 unspecified atom stereocenters. The van der Waals surface area contributed by atoms with Crippen LogP contribution in [0.3, 0.4) is 0 Å². The van der Waals surface area contributed by atoms with Gasteiger partial charge in [0.05, 0.1) is 16.1 Å². The molecule has 0 atom stereocenters. The lowest BCUT2D eigenvalue weighted by molar-refractivity contribution is 0.246. The number of sulfonamides is 1. The van der Waals surface area contributed by atoms with Crippen LogP contribution in [-0.4, -0.2) is 26.0 Å². The minimum absolute atomic E-state index is 0.0581. The molecule has 8 heteroatoms. The number of aryl methyl sites for hydroxylation is 1. The van der Waals surface area contributed by atoms with Crippen LogP contribution in [0.2, 0.25) is 0 Å². The summed E-state index contributed by atoms with van der Waals surface area (Å²) in [6, 6.07) is 5.52. The van der Waals surface area contributed by atoms with Crippen LogP contribution in [0, 0.1) is 6.92 Å². The molecule has 0 aliphatic carbocycles. The number of nitrogens with zero attached hydrogens (tertiary/aromatic N) is 1. The van der Waals surface area contributed by atoms with Crippen LogP contribution in [0.5, 0.6) is 0 Å². The van der Waals surface area contributed by atoms with Crippen molar-refractivity contribution in [2.24, 2.45) is 0 Å². The number of carbonyl (C=O) groups excluding carboxylic acids is 1. The quantitative estimate of drug-likeness (QED) is 0.875. The van der Waals surface area contributed by atoms with Gasteiger partial charge < -0.3 is 5.32 Å². The maximum absolute atomic E-state index is 12.0. The second-order valence-electron chi connectivity index (χ2n) is 4.40. The first kappa shape index (κ1) is 15.5. The molecule has 0 bridgehead atoms. The molecule has 21 heavy (non-hydrogen) atoms. The zero-order valence-electron chi connectivity index (χ0n) is 11.4. The Balaban J connectivity index is 1.87.